The molecule has 1 aliphatic rings. The van der Waals surface area contributed by atoms with Crippen LogP contribution in [0, 0.1) is 0 Å². The number of hydrogen-bond donors (Lipinski definition) is 2. The molecule has 0 saturated carbocycles. The van der Waals surface area contributed by atoms with Crippen LogP contribution in [-0.2, 0) is 9.84 Å². The fraction of sp³-hybridized carbons (Fsp3) is 0.292. The van der Waals surface area contributed by atoms with Gasteiger partial charge in [0.15, 0.2) is 21.3 Å². The number of piperazine rings is 1. The Balaban J connectivity index is 1.46. The molecule has 2 heterocycles. The minimum atomic E-state index is -3.41. The van der Waals surface area contributed by atoms with Gasteiger partial charge >= 0.3 is 0 Å². The number of benzene rings is 2. The molecule has 0 aliphatic carbocycles. The first-order chi connectivity index (χ1) is 16.3. The molecule has 0 atom stereocenters. The highest BCUT2D eigenvalue weighted by Crippen LogP contribution is 2.22. The minimum absolute atomic E-state index is 0.00484. The normalized spacial score (nSPS) is 15.2. The van der Waals surface area contributed by atoms with Gasteiger partial charge in [-0.1, -0.05) is 30.3 Å². The van der Waals surface area contributed by atoms with Crippen molar-refractivity contribution < 1.29 is 13.2 Å². The zero-order valence-corrected chi connectivity index (χ0v) is 19.8. The Morgan fingerprint density at radius 1 is 1.03 bits per heavy atom. The molecule has 0 radical (unpaired) electrons. The van der Waals surface area contributed by atoms with Gasteiger partial charge < -0.3 is 16.0 Å². The van der Waals surface area contributed by atoms with Crippen molar-refractivity contribution in [1.29, 1.82) is 0 Å². The molecule has 1 aromatic heterocycles. The zero-order valence-electron chi connectivity index (χ0n) is 19.0. The fourth-order valence-corrected chi connectivity index (χ4v) is 4.97. The van der Waals surface area contributed by atoms with E-state index in [2.05, 4.69) is 32.1 Å². The first kappa shape index (κ1) is 23.8. The molecular formula is C24H28N6O3S. The lowest BCUT2D eigenvalue weighted by Gasteiger charge is -2.32. The summed E-state index contributed by atoms with van der Waals surface area (Å²) in [5, 5.41) is 2.74. The molecule has 1 fully saturated rings. The standard InChI is InChI=1S/C24H28N6O3S/c1-29-11-13-30(14-12-29)15-16-34(32,33)20-9-7-18(8-10-20)21-17-26-23(25)22(28-21)24(31)27-19-5-3-2-4-6-19/h2-10,17H,11-16H2,1H3,(H2,25,26)(H,27,31). The number of likely N-dealkylation sites (N-methyl/N-ethyl adjacent to an activating group) is 1. The van der Waals surface area contributed by atoms with Gasteiger partial charge in [0.1, 0.15) is 0 Å². The average molecular weight is 481 g/mol. The maximum absolute atomic E-state index is 12.8. The number of sulfone groups is 1. The SMILES string of the molecule is CN1CCN(CCS(=O)(=O)c2ccc(-c3cnc(N)c(C(=O)Nc4ccccc4)n3)cc2)CC1. The van der Waals surface area contributed by atoms with Crippen molar-refractivity contribution in [3.05, 3.63) is 66.5 Å². The van der Waals surface area contributed by atoms with Crippen molar-refractivity contribution in [2.45, 2.75) is 4.90 Å². The third kappa shape index (κ3) is 5.77. The number of hydrogen-bond acceptors (Lipinski definition) is 8. The number of para-hydroxylation sites is 1. The number of aromatic nitrogens is 2. The Morgan fingerprint density at radius 2 is 1.71 bits per heavy atom. The molecule has 1 amide bonds. The predicted octanol–water partition coefficient (Wildman–Crippen LogP) is 2.00. The Morgan fingerprint density at radius 3 is 2.38 bits per heavy atom. The summed E-state index contributed by atoms with van der Waals surface area (Å²) < 4.78 is 25.6. The topological polar surface area (TPSA) is 122 Å². The maximum atomic E-state index is 12.8. The van der Waals surface area contributed by atoms with E-state index in [0.29, 0.717) is 23.5 Å². The largest absolute Gasteiger partial charge is 0.382 e. The third-order valence-electron chi connectivity index (χ3n) is 5.83. The van der Waals surface area contributed by atoms with Crippen molar-refractivity contribution in [3.63, 3.8) is 0 Å². The summed E-state index contributed by atoms with van der Waals surface area (Å²) in [4.78, 5) is 25.8. The first-order valence-electron chi connectivity index (χ1n) is 11.0. The van der Waals surface area contributed by atoms with Gasteiger partial charge in [0, 0.05) is 44.0 Å². The highest BCUT2D eigenvalue weighted by atomic mass is 32.2. The molecule has 0 unspecified atom stereocenters. The predicted molar refractivity (Wildman–Crippen MR) is 132 cm³/mol. The molecule has 0 spiro atoms. The molecule has 34 heavy (non-hydrogen) atoms. The first-order valence-corrected chi connectivity index (χ1v) is 12.7. The van der Waals surface area contributed by atoms with Crippen LogP contribution in [0.4, 0.5) is 11.5 Å². The number of nitrogen functional groups attached to an aromatic ring is 1. The third-order valence-corrected chi connectivity index (χ3v) is 7.54. The number of nitrogens with one attached hydrogen (secondary N) is 1. The van der Waals surface area contributed by atoms with Crippen LogP contribution < -0.4 is 11.1 Å². The fourth-order valence-electron chi connectivity index (χ4n) is 3.69. The summed E-state index contributed by atoms with van der Waals surface area (Å²) in [6.07, 6.45) is 1.46. The Bertz CT molecular complexity index is 1240. The van der Waals surface area contributed by atoms with Crippen molar-refractivity contribution in [2.75, 3.05) is 56.6 Å². The van der Waals surface area contributed by atoms with Crippen LogP contribution in [0.25, 0.3) is 11.3 Å². The number of nitrogens with zero attached hydrogens (tertiary/aromatic N) is 4. The van der Waals surface area contributed by atoms with Crippen LogP contribution in [0.2, 0.25) is 0 Å². The number of carbonyl (C=O) groups excluding carboxylic acids is 1. The highest BCUT2D eigenvalue weighted by Gasteiger charge is 2.20. The smallest absolute Gasteiger partial charge is 0.278 e. The van der Waals surface area contributed by atoms with Gasteiger partial charge in [0.2, 0.25) is 0 Å². The van der Waals surface area contributed by atoms with Gasteiger partial charge in [-0.15, -0.1) is 0 Å². The van der Waals surface area contributed by atoms with Crippen molar-refractivity contribution in [1.82, 2.24) is 19.8 Å². The van der Waals surface area contributed by atoms with E-state index >= 15 is 0 Å². The lowest BCUT2D eigenvalue weighted by atomic mass is 10.1. The molecule has 9 nitrogen and oxygen atoms in total. The maximum Gasteiger partial charge on any atom is 0.278 e. The second-order valence-corrected chi connectivity index (χ2v) is 10.4. The van der Waals surface area contributed by atoms with E-state index in [-0.39, 0.29) is 22.2 Å². The van der Waals surface area contributed by atoms with Crippen LogP contribution in [0.15, 0.2) is 65.7 Å². The van der Waals surface area contributed by atoms with Crippen molar-refractivity contribution in [3.8, 4) is 11.3 Å². The second-order valence-electron chi connectivity index (χ2n) is 8.30. The number of amides is 1. The number of anilines is 2. The number of rotatable bonds is 7. The summed E-state index contributed by atoms with van der Waals surface area (Å²) in [6, 6.07) is 15.4. The molecule has 3 aromatic rings. The molecule has 1 aliphatic heterocycles. The summed E-state index contributed by atoms with van der Waals surface area (Å²) in [7, 11) is -1.34. The van der Waals surface area contributed by atoms with E-state index in [9.17, 15) is 13.2 Å². The van der Waals surface area contributed by atoms with Gasteiger partial charge in [-0.2, -0.15) is 0 Å². The molecule has 3 N–H and O–H groups in total. The van der Waals surface area contributed by atoms with E-state index in [1.165, 1.54) is 6.20 Å². The summed E-state index contributed by atoms with van der Waals surface area (Å²) in [6.45, 7) is 4.16. The second kappa shape index (κ2) is 10.3. The molecule has 10 heteroatoms. The minimum Gasteiger partial charge on any atom is -0.382 e. The van der Waals surface area contributed by atoms with Crippen LogP contribution in [0.5, 0.6) is 0 Å². The van der Waals surface area contributed by atoms with Gasteiger partial charge in [-0.05, 0) is 31.3 Å². The van der Waals surface area contributed by atoms with Gasteiger partial charge in [0.05, 0.1) is 22.5 Å². The van der Waals surface area contributed by atoms with Crippen LogP contribution >= 0.6 is 0 Å². The van der Waals surface area contributed by atoms with Gasteiger partial charge in [0.25, 0.3) is 5.91 Å². The summed E-state index contributed by atoms with van der Waals surface area (Å²) in [5.74, 6) is -0.386. The summed E-state index contributed by atoms with van der Waals surface area (Å²) >= 11 is 0. The lowest BCUT2D eigenvalue weighted by Crippen LogP contribution is -2.45. The van der Waals surface area contributed by atoms with E-state index in [4.69, 9.17) is 5.73 Å². The Labute approximate surface area is 199 Å². The Kier molecular flexibility index (Phi) is 7.20. The molecule has 0 bridgehead atoms. The molecule has 178 valence electrons. The van der Waals surface area contributed by atoms with Crippen LogP contribution in [0.1, 0.15) is 10.5 Å². The monoisotopic (exact) mass is 480 g/mol. The van der Waals surface area contributed by atoms with Gasteiger partial charge in [-0.25, -0.2) is 18.4 Å². The Hall–Kier alpha value is -3.34. The lowest BCUT2D eigenvalue weighted by molar-refractivity contribution is 0.102. The van der Waals surface area contributed by atoms with E-state index in [1.54, 1.807) is 36.4 Å². The zero-order chi connectivity index (χ0) is 24.1. The molecule has 4 rings (SSSR count). The van der Waals surface area contributed by atoms with Gasteiger partial charge in [-0.3, -0.25) is 9.69 Å². The average Bonchev–Trinajstić information content (AvgIpc) is 2.85. The highest BCUT2D eigenvalue weighted by molar-refractivity contribution is 7.91. The van der Waals surface area contributed by atoms with E-state index < -0.39 is 15.7 Å². The van der Waals surface area contributed by atoms with Crippen molar-refractivity contribution >= 4 is 27.2 Å². The molecular weight excluding hydrogens is 452 g/mol. The van der Waals surface area contributed by atoms with E-state index in [0.717, 1.165) is 26.2 Å². The van der Waals surface area contributed by atoms with E-state index in [1.807, 2.05) is 18.2 Å². The van der Waals surface area contributed by atoms with Crippen LogP contribution in [-0.4, -0.2) is 79.6 Å². The quantitative estimate of drug-likeness (QED) is 0.527. The number of nitrogens with two attached hydrogens (primary N) is 1. The molecule has 1 saturated heterocycles. The summed E-state index contributed by atoms with van der Waals surface area (Å²) in [5.41, 5.74) is 7.57. The van der Waals surface area contributed by atoms with Crippen LogP contribution in [0.3, 0.4) is 0 Å². The van der Waals surface area contributed by atoms with Crippen molar-refractivity contribution in [2.24, 2.45) is 0 Å². The molecule has 2 aromatic carbocycles. The number of carbonyl (C=O) groups is 1.